The van der Waals surface area contributed by atoms with Gasteiger partial charge in [-0.3, -0.25) is 14.9 Å². The molecule has 5 nitrogen and oxygen atoms in total. The molecule has 0 spiro atoms. The second-order valence-corrected chi connectivity index (χ2v) is 4.85. The molecule has 1 unspecified atom stereocenters. The highest BCUT2D eigenvalue weighted by atomic mass is 35.5. The fourth-order valence-electron chi connectivity index (χ4n) is 1.83. The maximum atomic E-state index is 12.0. The largest absolute Gasteiger partial charge is 0.350 e. The minimum Gasteiger partial charge on any atom is -0.350 e. The van der Waals surface area contributed by atoms with E-state index in [0.29, 0.717) is 11.1 Å². The van der Waals surface area contributed by atoms with Crippen LogP contribution in [0.3, 0.4) is 0 Å². The van der Waals surface area contributed by atoms with E-state index >= 15 is 0 Å². The van der Waals surface area contributed by atoms with Gasteiger partial charge in [0.1, 0.15) is 5.38 Å². The van der Waals surface area contributed by atoms with Crippen LogP contribution in [0.4, 0.5) is 5.69 Å². The lowest BCUT2D eigenvalue weighted by atomic mass is 10.1. The number of carbonyl (C=O) groups is 1. The van der Waals surface area contributed by atoms with Crippen LogP contribution in [0.2, 0.25) is 0 Å². The lowest BCUT2D eigenvalue weighted by Crippen LogP contribution is -2.26. The van der Waals surface area contributed by atoms with Crippen LogP contribution in [0.5, 0.6) is 0 Å². The second kappa shape index (κ2) is 6.85. The Balaban J connectivity index is 1.98. The lowest BCUT2D eigenvalue weighted by Gasteiger charge is -2.10. The quantitative estimate of drug-likeness (QED) is 0.524. The number of nitrogens with one attached hydrogen (secondary N) is 1. The number of alkyl halides is 1. The fraction of sp³-hybridized carbons (Fsp3) is 0.133. The Labute approximate surface area is 126 Å². The van der Waals surface area contributed by atoms with E-state index in [1.165, 1.54) is 12.1 Å². The number of hydrogen-bond donors (Lipinski definition) is 1. The number of nitro benzene ring substituents is 1. The Bertz CT molecular complexity index is 646. The second-order valence-electron chi connectivity index (χ2n) is 4.42. The van der Waals surface area contributed by atoms with Crippen LogP contribution in [-0.4, -0.2) is 10.8 Å². The topological polar surface area (TPSA) is 72.2 Å². The van der Waals surface area contributed by atoms with Gasteiger partial charge >= 0.3 is 0 Å². The SMILES string of the molecule is O=C(NCc1cccc([N+](=O)[O-])c1)C(Cl)c1ccccc1. The molecule has 1 N–H and O–H groups in total. The van der Waals surface area contributed by atoms with Crippen molar-refractivity contribution in [3.8, 4) is 0 Å². The van der Waals surface area contributed by atoms with Gasteiger partial charge in [-0.2, -0.15) is 0 Å². The summed E-state index contributed by atoms with van der Waals surface area (Å²) in [5.41, 5.74) is 1.34. The van der Waals surface area contributed by atoms with E-state index in [1.807, 2.05) is 6.07 Å². The average Bonchev–Trinajstić information content (AvgIpc) is 2.53. The molecule has 0 saturated carbocycles. The molecular weight excluding hydrogens is 292 g/mol. The molecule has 0 bridgehead atoms. The van der Waals surface area contributed by atoms with Crippen molar-refractivity contribution in [2.24, 2.45) is 0 Å². The number of benzene rings is 2. The highest BCUT2D eigenvalue weighted by Gasteiger charge is 2.17. The summed E-state index contributed by atoms with van der Waals surface area (Å²) in [6.45, 7) is 0.191. The highest BCUT2D eigenvalue weighted by molar-refractivity contribution is 6.30. The number of hydrogen-bond acceptors (Lipinski definition) is 3. The number of nitrogens with zero attached hydrogens (tertiary/aromatic N) is 1. The van der Waals surface area contributed by atoms with E-state index in [9.17, 15) is 14.9 Å². The Kier molecular flexibility index (Phi) is 4.90. The van der Waals surface area contributed by atoms with Gasteiger partial charge in [0, 0.05) is 18.7 Å². The van der Waals surface area contributed by atoms with E-state index < -0.39 is 10.3 Å². The third kappa shape index (κ3) is 4.03. The normalized spacial score (nSPS) is 11.7. The number of rotatable bonds is 5. The standard InChI is InChI=1S/C15H13ClN2O3/c16-14(12-6-2-1-3-7-12)15(19)17-10-11-5-4-8-13(9-11)18(20)21/h1-9,14H,10H2,(H,17,19). The van der Waals surface area contributed by atoms with Gasteiger partial charge in [-0.1, -0.05) is 42.5 Å². The third-order valence-electron chi connectivity index (χ3n) is 2.91. The smallest absolute Gasteiger partial charge is 0.269 e. The molecule has 0 radical (unpaired) electrons. The first-order valence-corrected chi connectivity index (χ1v) is 6.71. The van der Waals surface area contributed by atoms with E-state index in [0.717, 1.165) is 0 Å². The van der Waals surface area contributed by atoms with E-state index in [1.54, 1.807) is 36.4 Å². The predicted molar refractivity (Wildman–Crippen MR) is 80.0 cm³/mol. The van der Waals surface area contributed by atoms with E-state index in [4.69, 9.17) is 11.6 Å². The maximum absolute atomic E-state index is 12.0. The van der Waals surface area contributed by atoms with Crippen molar-refractivity contribution in [1.29, 1.82) is 0 Å². The van der Waals surface area contributed by atoms with Crippen molar-refractivity contribution >= 4 is 23.2 Å². The van der Waals surface area contributed by atoms with Crippen LogP contribution < -0.4 is 5.32 Å². The summed E-state index contributed by atoms with van der Waals surface area (Å²) in [6.07, 6.45) is 0. The van der Waals surface area contributed by atoms with Crippen molar-refractivity contribution in [1.82, 2.24) is 5.32 Å². The zero-order valence-corrected chi connectivity index (χ0v) is 11.8. The molecule has 21 heavy (non-hydrogen) atoms. The molecule has 1 amide bonds. The zero-order chi connectivity index (χ0) is 15.2. The Hall–Kier alpha value is -2.40. The van der Waals surface area contributed by atoms with Gasteiger partial charge in [0.05, 0.1) is 4.92 Å². The molecule has 0 saturated heterocycles. The average molecular weight is 305 g/mol. The molecule has 2 aromatic rings. The summed E-state index contributed by atoms with van der Waals surface area (Å²) in [7, 11) is 0. The Morgan fingerprint density at radius 2 is 1.90 bits per heavy atom. The third-order valence-corrected chi connectivity index (χ3v) is 3.36. The van der Waals surface area contributed by atoms with Crippen molar-refractivity contribution in [2.45, 2.75) is 11.9 Å². The molecule has 0 aromatic heterocycles. The zero-order valence-electron chi connectivity index (χ0n) is 11.0. The number of non-ortho nitro benzene ring substituents is 1. The van der Waals surface area contributed by atoms with Gasteiger partial charge in [0.2, 0.25) is 5.91 Å². The molecule has 2 aromatic carbocycles. The van der Waals surface area contributed by atoms with Crippen LogP contribution in [0.15, 0.2) is 54.6 Å². The van der Waals surface area contributed by atoms with Crippen LogP contribution >= 0.6 is 11.6 Å². The van der Waals surface area contributed by atoms with Gasteiger partial charge < -0.3 is 5.32 Å². The lowest BCUT2D eigenvalue weighted by molar-refractivity contribution is -0.384. The summed E-state index contributed by atoms with van der Waals surface area (Å²) in [5, 5.41) is 12.6. The Morgan fingerprint density at radius 3 is 2.57 bits per heavy atom. The summed E-state index contributed by atoms with van der Waals surface area (Å²) in [4.78, 5) is 22.2. The molecule has 2 rings (SSSR count). The van der Waals surface area contributed by atoms with Crippen LogP contribution in [0.25, 0.3) is 0 Å². The van der Waals surface area contributed by atoms with Crippen LogP contribution in [0, 0.1) is 10.1 Å². The minimum atomic E-state index is -0.787. The Morgan fingerprint density at radius 1 is 1.19 bits per heavy atom. The molecule has 108 valence electrons. The molecular formula is C15H13ClN2O3. The number of nitro groups is 1. The van der Waals surface area contributed by atoms with Gasteiger partial charge in [0.25, 0.3) is 5.69 Å². The number of amides is 1. The summed E-state index contributed by atoms with van der Waals surface area (Å²) < 4.78 is 0. The first kappa shape index (κ1) is 15.0. The van der Waals surface area contributed by atoms with E-state index in [-0.39, 0.29) is 18.1 Å². The maximum Gasteiger partial charge on any atom is 0.269 e. The van der Waals surface area contributed by atoms with E-state index in [2.05, 4.69) is 5.32 Å². The van der Waals surface area contributed by atoms with Gasteiger partial charge in [-0.15, -0.1) is 11.6 Å². The minimum absolute atomic E-state index is 0.00719. The summed E-state index contributed by atoms with van der Waals surface area (Å²) in [5.74, 6) is -0.339. The van der Waals surface area contributed by atoms with Crippen molar-refractivity contribution in [2.75, 3.05) is 0 Å². The monoisotopic (exact) mass is 304 g/mol. The first-order valence-electron chi connectivity index (χ1n) is 6.28. The first-order chi connectivity index (χ1) is 10.1. The molecule has 0 fully saturated rings. The molecule has 1 atom stereocenters. The van der Waals surface area contributed by atoms with Crippen molar-refractivity contribution < 1.29 is 9.72 Å². The molecule has 0 aliphatic rings. The van der Waals surface area contributed by atoms with Crippen LogP contribution in [0.1, 0.15) is 16.5 Å². The fourth-order valence-corrected chi connectivity index (χ4v) is 2.05. The highest BCUT2D eigenvalue weighted by Crippen LogP contribution is 2.20. The molecule has 0 aliphatic carbocycles. The van der Waals surface area contributed by atoms with Crippen molar-refractivity contribution in [3.63, 3.8) is 0 Å². The molecule has 0 aliphatic heterocycles. The van der Waals surface area contributed by atoms with Gasteiger partial charge in [-0.05, 0) is 11.1 Å². The predicted octanol–water partition coefficient (Wildman–Crippen LogP) is 3.19. The van der Waals surface area contributed by atoms with Gasteiger partial charge in [0.15, 0.2) is 0 Å². The number of carbonyl (C=O) groups excluding carboxylic acids is 1. The van der Waals surface area contributed by atoms with Crippen LogP contribution in [-0.2, 0) is 11.3 Å². The molecule has 0 heterocycles. The molecule has 6 heteroatoms. The summed E-state index contributed by atoms with van der Waals surface area (Å²) in [6, 6.07) is 15.1. The van der Waals surface area contributed by atoms with Gasteiger partial charge in [-0.25, -0.2) is 0 Å². The van der Waals surface area contributed by atoms with Crippen molar-refractivity contribution in [3.05, 3.63) is 75.8 Å². The number of halogens is 1. The summed E-state index contributed by atoms with van der Waals surface area (Å²) >= 11 is 6.08.